The molecule has 1 rings (SSSR count). The Kier molecular flexibility index (Phi) is 5.14. The molecule has 5 heteroatoms. The molecule has 0 aliphatic carbocycles. The van der Waals surface area contributed by atoms with Crippen molar-refractivity contribution in [1.82, 2.24) is 10.2 Å². The Bertz CT molecular complexity index is 307. The third-order valence-corrected chi connectivity index (χ3v) is 3.64. The van der Waals surface area contributed by atoms with Gasteiger partial charge in [0.1, 0.15) is 5.54 Å². The van der Waals surface area contributed by atoms with Gasteiger partial charge in [0.25, 0.3) is 0 Å². The Hall–Kier alpha value is -1.10. The maximum absolute atomic E-state index is 12.4. The highest BCUT2D eigenvalue weighted by molar-refractivity contribution is 5.89. The largest absolute Gasteiger partial charge is 0.480 e. The maximum Gasteiger partial charge on any atom is 0.329 e. The molecular weight excluding hydrogens is 232 g/mol. The molecule has 1 amide bonds. The van der Waals surface area contributed by atoms with Crippen LogP contribution in [0.25, 0.3) is 0 Å². The molecule has 1 atom stereocenters. The highest BCUT2D eigenvalue weighted by atomic mass is 16.4. The Morgan fingerprint density at radius 1 is 1.33 bits per heavy atom. The van der Waals surface area contributed by atoms with Crippen LogP contribution in [0, 0.1) is 0 Å². The summed E-state index contributed by atoms with van der Waals surface area (Å²) in [5.41, 5.74) is -1.15. The number of carboxylic acid groups (broad SMARTS) is 1. The second kappa shape index (κ2) is 6.18. The van der Waals surface area contributed by atoms with Crippen molar-refractivity contribution in [3.05, 3.63) is 0 Å². The van der Waals surface area contributed by atoms with E-state index in [9.17, 15) is 14.7 Å². The summed E-state index contributed by atoms with van der Waals surface area (Å²) in [6.07, 6.45) is 4.03. The van der Waals surface area contributed by atoms with Gasteiger partial charge in [-0.1, -0.05) is 12.8 Å². The highest BCUT2D eigenvalue weighted by Gasteiger charge is 2.39. The normalized spacial score (nSPS) is 21.2. The van der Waals surface area contributed by atoms with E-state index in [-0.39, 0.29) is 11.9 Å². The van der Waals surface area contributed by atoms with Gasteiger partial charge in [-0.25, -0.2) is 4.79 Å². The summed E-state index contributed by atoms with van der Waals surface area (Å²) in [6.45, 7) is 6.22. The number of amides is 1. The van der Waals surface area contributed by atoms with E-state index in [1.807, 2.05) is 6.92 Å². The van der Waals surface area contributed by atoms with Gasteiger partial charge < -0.3 is 15.3 Å². The minimum atomic E-state index is -1.15. The van der Waals surface area contributed by atoms with Crippen molar-refractivity contribution in [2.45, 2.75) is 58.0 Å². The molecule has 1 heterocycles. The van der Waals surface area contributed by atoms with Gasteiger partial charge in [-0.15, -0.1) is 0 Å². The van der Waals surface area contributed by atoms with Gasteiger partial charge in [0.2, 0.25) is 5.91 Å². The molecule has 1 saturated heterocycles. The van der Waals surface area contributed by atoms with E-state index < -0.39 is 11.5 Å². The van der Waals surface area contributed by atoms with Gasteiger partial charge in [-0.2, -0.15) is 0 Å². The first-order valence-electron chi connectivity index (χ1n) is 6.69. The standard InChI is InChI=1S/C13H24N2O3/c1-4-15(13(2,3)12(17)18)11(16)10-8-6-5-7-9-14-10/h10,14H,4-9H2,1-3H3,(H,17,18). The van der Waals surface area contributed by atoms with Crippen LogP contribution in [0.15, 0.2) is 0 Å². The third-order valence-electron chi connectivity index (χ3n) is 3.64. The van der Waals surface area contributed by atoms with Gasteiger partial charge in [-0.3, -0.25) is 4.79 Å². The minimum absolute atomic E-state index is 0.0909. The van der Waals surface area contributed by atoms with E-state index in [4.69, 9.17) is 0 Å². The first kappa shape index (κ1) is 15.0. The fourth-order valence-corrected chi connectivity index (χ4v) is 2.37. The molecule has 1 aliphatic heterocycles. The average Bonchev–Trinajstić information content (AvgIpc) is 2.57. The third kappa shape index (κ3) is 3.22. The molecule has 1 unspecified atom stereocenters. The van der Waals surface area contributed by atoms with E-state index in [1.54, 1.807) is 13.8 Å². The van der Waals surface area contributed by atoms with Crippen molar-refractivity contribution >= 4 is 11.9 Å². The van der Waals surface area contributed by atoms with E-state index >= 15 is 0 Å². The van der Waals surface area contributed by atoms with Crippen molar-refractivity contribution in [2.24, 2.45) is 0 Å². The summed E-state index contributed by atoms with van der Waals surface area (Å²) in [5, 5.41) is 12.5. The summed E-state index contributed by atoms with van der Waals surface area (Å²) in [5.74, 6) is -1.06. The van der Waals surface area contributed by atoms with Crippen LogP contribution >= 0.6 is 0 Å². The van der Waals surface area contributed by atoms with Crippen molar-refractivity contribution in [3.63, 3.8) is 0 Å². The zero-order valence-electron chi connectivity index (χ0n) is 11.5. The van der Waals surface area contributed by atoms with Crippen molar-refractivity contribution in [2.75, 3.05) is 13.1 Å². The number of carboxylic acids is 1. The number of hydrogen-bond donors (Lipinski definition) is 2. The number of carbonyl (C=O) groups is 2. The maximum atomic E-state index is 12.4. The number of rotatable bonds is 4. The van der Waals surface area contributed by atoms with Gasteiger partial charge in [-0.05, 0) is 40.2 Å². The zero-order chi connectivity index (χ0) is 13.8. The van der Waals surface area contributed by atoms with Gasteiger partial charge in [0.15, 0.2) is 0 Å². The fraction of sp³-hybridized carbons (Fsp3) is 0.846. The van der Waals surface area contributed by atoms with Crippen LogP contribution in [-0.4, -0.2) is 46.6 Å². The predicted molar refractivity (Wildman–Crippen MR) is 69.4 cm³/mol. The monoisotopic (exact) mass is 256 g/mol. The van der Waals surface area contributed by atoms with Crippen LogP contribution < -0.4 is 5.32 Å². The quantitative estimate of drug-likeness (QED) is 0.793. The molecule has 1 aliphatic rings. The van der Waals surface area contributed by atoms with E-state index in [0.29, 0.717) is 6.54 Å². The van der Waals surface area contributed by atoms with E-state index in [1.165, 1.54) is 4.90 Å². The first-order chi connectivity index (χ1) is 8.41. The molecule has 0 aromatic heterocycles. The SMILES string of the molecule is CCN(C(=O)C1CCCCCN1)C(C)(C)C(=O)O. The molecular formula is C13H24N2O3. The number of hydrogen-bond acceptors (Lipinski definition) is 3. The lowest BCUT2D eigenvalue weighted by molar-refractivity contribution is -0.157. The summed E-state index contributed by atoms with van der Waals surface area (Å²) in [7, 11) is 0. The topological polar surface area (TPSA) is 69.6 Å². The Balaban J connectivity index is 2.81. The summed E-state index contributed by atoms with van der Waals surface area (Å²) in [6, 6.07) is -0.230. The predicted octanol–water partition coefficient (Wildman–Crippen LogP) is 1.23. The minimum Gasteiger partial charge on any atom is -0.480 e. The molecule has 1 fully saturated rings. The van der Waals surface area contributed by atoms with Crippen molar-refractivity contribution in [1.29, 1.82) is 0 Å². The lowest BCUT2D eigenvalue weighted by atomic mass is 10.0. The summed E-state index contributed by atoms with van der Waals surface area (Å²) in [4.78, 5) is 25.2. The highest BCUT2D eigenvalue weighted by Crippen LogP contribution is 2.18. The number of nitrogens with one attached hydrogen (secondary N) is 1. The van der Waals surface area contributed by atoms with Crippen LogP contribution in [-0.2, 0) is 9.59 Å². The first-order valence-corrected chi connectivity index (χ1v) is 6.69. The molecule has 0 bridgehead atoms. The number of aliphatic carboxylic acids is 1. The van der Waals surface area contributed by atoms with Crippen LogP contribution in [0.4, 0.5) is 0 Å². The van der Waals surface area contributed by atoms with E-state index in [2.05, 4.69) is 5.32 Å². The van der Waals surface area contributed by atoms with Crippen LogP contribution in [0.5, 0.6) is 0 Å². The molecule has 0 aromatic carbocycles. The van der Waals surface area contributed by atoms with Crippen LogP contribution in [0.3, 0.4) is 0 Å². The van der Waals surface area contributed by atoms with Crippen molar-refractivity contribution < 1.29 is 14.7 Å². The Labute approximate surface area is 109 Å². The molecule has 18 heavy (non-hydrogen) atoms. The molecule has 5 nitrogen and oxygen atoms in total. The molecule has 0 radical (unpaired) electrons. The molecule has 0 spiro atoms. The smallest absolute Gasteiger partial charge is 0.329 e. The van der Waals surface area contributed by atoms with Gasteiger partial charge >= 0.3 is 5.97 Å². The average molecular weight is 256 g/mol. The summed E-state index contributed by atoms with van der Waals surface area (Å²) < 4.78 is 0. The second-order valence-electron chi connectivity index (χ2n) is 5.30. The Morgan fingerprint density at radius 3 is 2.56 bits per heavy atom. The van der Waals surface area contributed by atoms with Crippen molar-refractivity contribution in [3.8, 4) is 0 Å². The number of nitrogens with zero attached hydrogens (tertiary/aromatic N) is 1. The van der Waals surface area contributed by atoms with Crippen LogP contribution in [0.2, 0.25) is 0 Å². The molecule has 0 aromatic rings. The van der Waals surface area contributed by atoms with E-state index in [0.717, 1.165) is 32.2 Å². The Morgan fingerprint density at radius 2 is 2.00 bits per heavy atom. The summed E-state index contributed by atoms with van der Waals surface area (Å²) >= 11 is 0. The van der Waals surface area contributed by atoms with Gasteiger partial charge in [0, 0.05) is 6.54 Å². The lowest BCUT2D eigenvalue weighted by Gasteiger charge is -2.36. The molecule has 2 N–H and O–H groups in total. The molecule has 0 saturated carbocycles. The number of carbonyl (C=O) groups excluding carboxylic acids is 1. The van der Waals surface area contributed by atoms with Crippen LogP contribution in [0.1, 0.15) is 46.5 Å². The van der Waals surface area contributed by atoms with Gasteiger partial charge in [0.05, 0.1) is 6.04 Å². The molecule has 104 valence electrons. The zero-order valence-corrected chi connectivity index (χ0v) is 11.5. The fourth-order valence-electron chi connectivity index (χ4n) is 2.37. The lowest BCUT2D eigenvalue weighted by Crippen LogP contribution is -2.57. The number of likely N-dealkylation sites (N-methyl/N-ethyl adjacent to an activating group) is 1. The second-order valence-corrected chi connectivity index (χ2v) is 5.30.